The van der Waals surface area contributed by atoms with E-state index in [0.29, 0.717) is 25.8 Å². The van der Waals surface area contributed by atoms with Crippen LogP contribution in [0.4, 0.5) is 0 Å². The lowest BCUT2D eigenvalue weighted by atomic mass is 10.2. The lowest BCUT2D eigenvalue weighted by Crippen LogP contribution is -2.46. The summed E-state index contributed by atoms with van der Waals surface area (Å²) in [6.07, 6.45) is 0.622. The standard InChI is InChI=1S/C13H20N2O5/c1-8(7-15-6-2-3-11(15)16)14-12(17)9-4-5-10(20-9)13(18)19/h8-10H,2-7H2,1H3,(H,14,17)(H,18,19)/t8?,9-,10+/m0/s1. The van der Waals surface area contributed by atoms with Gasteiger partial charge < -0.3 is 20.1 Å². The minimum atomic E-state index is -1.03. The van der Waals surface area contributed by atoms with Gasteiger partial charge >= 0.3 is 5.97 Å². The maximum Gasteiger partial charge on any atom is 0.332 e. The zero-order valence-corrected chi connectivity index (χ0v) is 11.5. The minimum Gasteiger partial charge on any atom is -0.479 e. The Hall–Kier alpha value is -1.63. The van der Waals surface area contributed by atoms with Crippen LogP contribution in [0.1, 0.15) is 32.6 Å². The fourth-order valence-corrected chi connectivity index (χ4v) is 2.62. The molecule has 0 aromatic rings. The number of nitrogens with one attached hydrogen (secondary N) is 1. The summed E-state index contributed by atoms with van der Waals surface area (Å²) in [5.41, 5.74) is 0. The van der Waals surface area contributed by atoms with Crippen molar-refractivity contribution < 1.29 is 24.2 Å². The lowest BCUT2D eigenvalue weighted by molar-refractivity contribution is -0.152. The van der Waals surface area contributed by atoms with Crippen LogP contribution in [0.2, 0.25) is 0 Å². The summed E-state index contributed by atoms with van der Waals surface area (Å²) < 4.78 is 5.18. The molecule has 7 heteroatoms. The van der Waals surface area contributed by atoms with Crippen molar-refractivity contribution in [2.45, 2.75) is 50.9 Å². The van der Waals surface area contributed by atoms with Crippen molar-refractivity contribution in [3.05, 3.63) is 0 Å². The van der Waals surface area contributed by atoms with Crippen LogP contribution in [0.15, 0.2) is 0 Å². The summed E-state index contributed by atoms with van der Waals surface area (Å²) >= 11 is 0. The van der Waals surface area contributed by atoms with Crippen molar-refractivity contribution in [1.82, 2.24) is 10.2 Å². The van der Waals surface area contributed by atoms with E-state index in [1.54, 1.807) is 4.90 Å². The van der Waals surface area contributed by atoms with Gasteiger partial charge in [0.15, 0.2) is 6.10 Å². The number of carbonyl (C=O) groups excluding carboxylic acids is 2. The van der Waals surface area contributed by atoms with Crippen molar-refractivity contribution in [3.8, 4) is 0 Å². The number of amides is 2. The molecule has 0 aromatic carbocycles. The number of nitrogens with zero attached hydrogens (tertiary/aromatic N) is 1. The number of carboxylic acids is 1. The monoisotopic (exact) mass is 284 g/mol. The van der Waals surface area contributed by atoms with Gasteiger partial charge in [0, 0.05) is 25.6 Å². The zero-order chi connectivity index (χ0) is 14.7. The Balaban J connectivity index is 1.76. The molecule has 20 heavy (non-hydrogen) atoms. The fraction of sp³-hybridized carbons (Fsp3) is 0.769. The van der Waals surface area contributed by atoms with Crippen LogP contribution in [-0.2, 0) is 19.1 Å². The van der Waals surface area contributed by atoms with E-state index in [-0.39, 0.29) is 17.9 Å². The summed E-state index contributed by atoms with van der Waals surface area (Å²) in [5.74, 6) is -1.21. The summed E-state index contributed by atoms with van der Waals surface area (Å²) in [5, 5.41) is 11.6. The lowest BCUT2D eigenvalue weighted by Gasteiger charge is -2.22. The average Bonchev–Trinajstić information content (AvgIpc) is 2.99. The number of rotatable bonds is 5. The number of carbonyl (C=O) groups is 3. The molecular weight excluding hydrogens is 264 g/mol. The third-order valence-corrected chi connectivity index (χ3v) is 3.64. The molecular formula is C13H20N2O5. The van der Waals surface area contributed by atoms with Crippen molar-refractivity contribution in [1.29, 1.82) is 0 Å². The number of hydrogen-bond donors (Lipinski definition) is 2. The predicted molar refractivity (Wildman–Crippen MR) is 68.9 cm³/mol. The van der Waals surface area contributed by atoms with Gasteiger partial charge in [0.2, 0.25) is 11.8 Å². The van der Waals surface area contributed by atoms with Crippen LogP contribution in [0.3, 0.4) is 0 Å². The molecule has 0 radical (unpaired) electrons. The topological polar surface area (TPSA) is 95.9 Å². The smallest absolute Gasteiger partial charge is 0.332 e. The van der Waals surface area contributed by atoms with E-state index < -0.39 is 18.2 Å². The van der Waals surface area contributed by atoms with E-state index in [4.69, 9.17) is 9.84 Å². The van der Waals surface area contributed by atoms with Crippen LogP contribution < -0.4 is 5.32 Å². The van der Waals surface area contributed by atoms with Crippen molar-refractivity contribution >= 4 is 17.8 Å². The maximum atomic E-state index is 11.9. The molecule has 112 valence electrons. The molecule has 0 saturated carbocycles. The van der Waals surface area contributed by atoms with Crippen LogP contribution >= 0.6 is 0 Å². The SMILES string of the molecule is CC(CN1CCCC1=O)NC(=O)[C@@H]1CC[C@H](C(=O)O)O1. The minimum absolute atomic E-state index is 0.120. The molecule has 2 aliphatic heterocycles. The molecule has 1 unspecified atom stereocenters. The van der Waals surface area contributed by atoms with E-state index in [2.05, 4.69) is 5.32 Å². The van der Waals surface area contributed by atoms with Gasteiger partial charge in [0.25, 0.3) is 0 Å². The van der Waals surface area contributed by atoms with Crippen LogP contribution in [0.25, 0.3) is 0 Å². The highest BCUT2D eigenvalue weighted by molar-refractivity contribution is 5.83. The van der Waals surface area contributed by atoms with Crippen LogP contribution in [-0.4, -0.2) is 59.1 Å². The molecule has 2 N–H and O–H groups in total. The molecule has 3 atom stereocenters. The van der Waals surface area contributed by atoms with E-state index in [9.17, 15) is 14.4 Å². The molecule has 2 heterocycles. The molecule has 2 rings (SSSR count). The Labute approximate surface area is 117 Å². The van der Waals surface area contributed by atoms with Gasteiger partial charge in [-0.15, -0.1) is 0 Å². The maximum absolute atomic E-state index is 11.9. The van der Waals surface area contributed by atoms with E-state index in [0.717, 1.165) is 13.0 Å². The van der Waals surface area contributed by atoms with Crippen molar-refractivity contribution in [2.24, 2.45) is 0 Å². The summed E-state index contributed by atoms with van der Waals surface area (Å²) in [4.78, 5) is 35.9. The molecule has 0 aliphatic carbocycles. The average molecular weight is 284 g/mol. The Morgan fingerprint density at radius 2 is 2.15 bits per heavy atom. The second-order valence-corrected chi connectivity index (χ2v) is 5.38. The molecule has 0 bridgehead atoms. The predicted octanol–water partition coefficient (Wildman–Crippen LogP) is -0.254. The first-order valence-corrected chi connectivity index (χ1v) is 6.94. The summed E-state index contributed by atoms with van der Waals surface area (Å²) in [6, 6.07) is -0.169. The Morgan fingerprint density at radius 1 is 1.45 bits per heavy atom. The van der Waals surface area contributed by atoms with Gasteiger partial charge in [-0.05, 0) is 26.2 Å². The molecule has 0 aromatic heterocycles. The molecule has 2 aliphatic rings. The quantitative estimate of drug-likeness (QED) is 0.725. The second-order valence-electron chi connectivity index (χ2n) is 5.38. The van der Waals surface area contributed by atoms with Gasteiger partial charge in [-0.25, -0.2) is 4.79 Å². The largest absolute Gasteiger partial charge is 0.479 e. The van der Waals surface area contributed by atoms with Gasteiger partial charge in [-0.2, -0.15) is 0 Å². The van der Waals surface area contributed by atoms with Crippen LogP contribution in [0, 0.1) is 0 Å². The number of ether oxygens (including phenoxy) is 1. The second kappa shape index (κ2) is 6.21. The van der Waals surface area contributed by atoms with Gasteiger partial charge in [-0.3, -0.25) is 9.59 Å². The first-order chi connectivity index (χ1) is 9.47. The molecule has 0 spiro atoms. The first kappa shape index (κ1) is 14.8. The number of hydrogen-bond acceptors (Lipinski definition) is 4. The Morgan fingerprint density at radius 3 is 2.70 bits per heavy atom. The fourth-order valence-electron chi connectivity index (χ4n) is 2.62. The van der Waals surface area contributed by atoms with E-state index in [1.807, 2.05) is 6.92 Å². The van der Waals surface area contributed by atoms with Crippen molar-refractivity contribution in [3.63, 3.8) is 0 Å². The van der Waals surface area contributed by atoms with Crippen molar-refractivity contribution in [2.75, 3.05) is 13.1 Å². The zero-order valence-electron chi connectivity index (χ0n) is 11.5. The van der Waals surface area contributed by atoms with Gasteiger partial charge in [-0.1, -0.05) is 0 Å². The Kier molecular flexibility index (Phi) is 4.59. The molecule has 2 fully saturated rings. The highest BCUT2D eigenvalue weighted by atomic mass is 16.5. The molecule has 2 amide bonds. The number of likely N-dealkylation sites (tertiary alicyclic amines) is 1. The highest BCUT2D eigenvalue weighted by Gasteiger charge is 2.35. The van der Waals surface area contributed by atoms with Gasteiger partial charge in [0.05, 0.1) is 0 Å². The molecule has 2 saturated heterocycles. The normalized spacial score (nSPS) is 27.6. The van der Waals surface area contributed by atoms with Crippen LogP contribution in [0.5, 0.6) is 0 Å². The number of carboxylic acid groups (broad SMARTS) is 1. The first-order valence-electron chi connectivity index (χ1n) is 6.94. The highest BCUT2D eigenvalue weighted by Crippen LogP contribution is 2.20. The molecule has 7 nitrogen and oxygen atoms in total. The van der Waals surface area contributed by atoms with Gasteiger partial charge in [0.1, 0.15) is 6.10 Å². The van der Waals surface area contributed by atoms with E-state index >= 15 is 0 Å². The summed E-state index contributed by atoms with van der Waals surface area (Å²) in [6.45, 7) is 3.05. The summed E-state index contributed by atoms with van der Waals surface area (Å²) in [7, 11) is 0. The van der Waals surface area contributed by atoms with E-state index in [1.165, 1.54) is 0 Å². The third-order valence-electron chi connectivity index (χ3n) is 3.64. The Bertz CT molecular complexity index is 412. The number of aliphatic carboxylic acids is 1. The third kappa shape index (κ3) is 3.47.